The molecule has 0 aromatic heterocycles. The standard InChI is InChI=1S/C12H15BrFN/c1-9-7-12(14)4-3-11(9)5-6-15-8-10(2)13/h3-4,7,15H,2,5-6,8H2,1H3. The number of hydrogen-bond donors (Lipinski definition) is 1. The number of halogens is 2. The Labute approximate surface area is 98.5 Å². The van der Waals surface area contributed by atoms with Gasteiger partial charge in [0, 0.05) is 11.0 Å². The van der Waals surface area contributed by atoms with Crippen molar-refractivity contribution in [1.82, 2.24) is 5.32 Å². The van der Waals surface area contributed by atoms with Crippen molar-refractivity contribution in [3.63, 3.8) is 0 Å². The van der Waals surface area contributed by atoms with E-state index in [2.05, 4.69) is 27.8 Å². The number of aryl methyl sites for hydroxylation is 1. The normalized spacial score (nSPS) is 10.3. The first-order valence-corrected chi connectivity index (χ1v) is 5.68. The monoisotopic (exact) mass is 271 g/mol. The lowest BCUT2D eigenvalue weighted by atomic mass is 10.1. The molecule has 0 radical (unpaired) electrons. The lowest BCUT2D eigenvalue weighted by Gasteiger charge is -2.06. The predicted molar refractivity (Wildman–Crippen MR) is 65.8 cm³/mol. The summed E-state index contributed by atoms with van der Waals surface area (Å²) in [6.07, 6.45) is 0.909. The first-order valence-electron chi connectivity index (χ1n) is 4.88. The van der Waals surface area contributed by atoms with E-state index in [1.807, 2.05) is 13.0 Å². The van der Waals surface area contributed by atoms with Gasteiger partial charge >= 0.3 is 0 Å². The molecule has 0 atom stereocenters. The summed E-state index contributed by atoms with van der Waals surface area (Å²) in [7, 11) is 0. The summed E-state index contributed by atoms with van der Waals surface area (Å²) in [5.41, 5.74) is 2.19. The third-order valence-electron chi connectivity index (χ3n) is 2.19. The second kappa shape index (κ2) is 6.03. The summed E-state index contributed by atoms with van der Waals surface area (Å²) in [4.78, 5) is 0. The summed E-state index contributed by atoms with van der Waals surface area (Å²) in [6, 6.07) is 4.92. The van der Waals surface area contributed by atoms with Crippen LogP contribution in [0.3, 0.4) is 0 Å². The van der Waals surface area contributed by atoms with Gasteiger partial charge in [0.15, 0.2) is 0 Å². The molecule has 0 heterocycles. The molecule has 0 aliphatic heterocycles. The van der Waals surface area contributed by atoms with Crippen molar-refractivity contribution in [2.45, 2.75) is 13.3 Å². The van der Waals surface area contributed by atoms with Crippen LogP contribution < -0.4 is 5.32 Å². The number of rotatable bonds is 5. The zero-order valence-electron chi connectivity index (χ0n) is 8.82. The molecule has 0 unspecified atom stereocenters. The average molecular weight is 272 g/mol. The van der Waals surface area contributed by atoms with E-state index in [1.165, 1.54) is 11.6 Å². The van der Waals surface area contributed by atoms with Crippen molar-refractivity contribution in [3.05, 3.63) is 46.2 Å². The smallest absolute Gasteiger partial charge is 0.123 e. The second-order valence-electron chi connectivity index (χ2n) is 3.51. The summed E-state index contributed by atoms with van der Waals surface area (Å²) in [5.74, 6) is -0.168. The van der Waals surface area contributed by atoms with Crippen LogP contribution in [0.15, 0.2) is 29.3 Å². The minimum Gasteiger partial charge on any atom is -0.312 e. The average Bonchev–Trinajstić information content (AvgIpc) is 2.14. The Bertz CT molecular complexity index is 349. The highest BCUT2D eigenvalue weighted by Crippen LogP contribution is 2.10. The van der Waals surface area contributed by atoms with Crippen molar-refractivity contribution >= 4 is 15.9 Å². The highest BCUT2D eigenvalue weighted by Gasteiger charge is 1.99. The Morgan fingerprint density at radius 3 is 2.87 bits per heavy atom. The van der Waals surface area contributed by atoms with Gasteiger partial charge in [-0.3, -0.25) is 0 Å². The number of nitrogens with one attached hydrogen (secondary N) is 1. The van der Waals surface area contributed by atoms with Gasteiger partial charge in [-0.25, -0.2) is 4.39 Å². The fourth-order valence-electron chi connectivity index (χ4n) is 1.39. The van der Waals surface area contributed by atoms with Crippen LogP contribution in [0.4, 0.5) is 4.39 Å². The maximum Gasteiger partial charge on any atom is 0.123 e. The molecule has 0 saturated carbocycles. The molecule has 1 aromatic carbocycles. The van der Waals surface area contributed by atoms with Crippen LogP contribution in [0.5, 0.6) is 0 Å². The van der Waals surface area contributed by atoms with Crippen molar-refractivity contribution in [2.75, 3.05) is 13.1 Å². The van der Waals surface area contributed by atoms with Crippen LogP contribution in [-0.4, -0.2) is 13.1 Å². The third-order valence-corrected chi connectivity index (χ3v) is 2.47. The van der Waals surface area contributed by atoms with Crippen LogP contribution in [0.25, 0.3) is 0 Å². The zero-order chi connectivity index (χ0) is 11.3. The molecule has 0 amide bonds. The molecule has 15 heavy (non-hydrogen) atoms. The largest absolute Gasteiger partial charge is 0.312 e. The first kappa shape index (κ1) is 12.4. The molecule has 82 valence electrons. The van der Waals surface area contributed by atoms with Gasteiger partial charge in [-0.2, -0.15) is 0 Å². The van der Waals surface area contributed by atoms with Crippen molar-refractivity contribution in [2.24, 2.45) is 0 Å². The molecule has 3 heteroatoms. The summed E-state index contributed by atoms with van der Waals surface area (Å²) >= 11 is 3.28. The predicted octanol–water partition coefficient (Wildman–Crippen LogP) is 3.17. The molecule has 0 fully saturated rings. The molecule has 0 aliphatic rings. The van der Waals surface area contributed by atoms with Gasteiger partial charge in [0.05, 0.1) is 0 Å². The van der Waals surface area contributed by atoms with E-state index < -0.39 is 0 Å². The maximum absolute atomic E-state index is 12.8. The highest BCUT2D eigenvalue weighted by atomic mass is 79.9. The van der Waals surface area contributed by atoms with Gasteiger partial charge in [0.2, 0.25) is 0 Å². The highest BCUT2D eigenvalue weighted by molar-refractivity contribution is 9.11. The van der Waals surface area contributed by atoms with E-state index in [1.54, 1.807) is 6.07 Å². The van der Waals surface area contributed by atoms with Gasteiger partial charge in [-0.1, -0.05) is 28.6 Å². The molecule has 1 rings (SSSR count). The Morgan fingerprint density at radius 2 is 2.27 bits per heavy atom. The zero-order valence-corrected chi connectivity index (χ0v) is 10.4. The fourth-order valence-corrected chi connectivity index (χ4v) is 1.59. The Morgan fingerprint density at radius 1 is 1.53 bits per heavy atom. The fraction of sp³-hybridized carbons (Fsp3) is 0.333. The van der Waals surface area contributed by atoms with E-state index in [0.29, 0.717) is 0 Å². The van der Waals surface area contributed by atoms with Gasteiger partial charge in [0.1, 0.15) is 5.82 Å². The molecular formula is C12H15BrFN. The third kappa shape index (κ3) is 4.58. The SMILES string of the molecule is C=C(Br)CNCCc1ccc(F)cc1C. The van der Waals surface area contributed by atoms with Crippen LogP contribution in [0, 0.1) is 12.7 Å². The van der Waals surface area contributed by atoms with Crippen LogP contribution in [-0.2, 0) is 6.42 Å². The quantitative estimate of drug-likeness (QED) is 0.812. The molecule has 0 aliphatic carbocycles. The van der Waals surface area contributed by atoms with Gasteiger partial charge < -0.3 is 5.32 Å². The van der Waals surface area contributed by atoms with E-state index in [0.717, 1.165) is 29.6 Å². The summed E-state index contributed by atoms with van der Waals surface area (Å²) in [6.45, 7) is 7.30. The summed E-state index contributed by atoms with van der Waals surface area (Å²) in [5, 5.41) is 3.23. The second-order valence-corrected chi connectivity index (χ2v) is 4.64. The first-order chi connectivity index (χ1) is 7.09. The Kier molecular flexibility index (Phi) is 4.99. The molecule has 1 nitrogen and oxygen atoms in total. The molecule has 0 bridgehead atoms. The molecule has 1 N–H and O–H groups in total. The van der Waals surface area contributed by atoms with Gasteiger partial charge in [0.25, 0.3) is 0 Å². The Hall–Kier alpha value is -0.670. The van der Waals surface area contributed by atoms with E-state index in [-0.39, 0.29) is 5.82 Å². The van der Waals surface area contributed by atoms with Gasteiger partial charge in [-0.15, -0.1) is 0 Å². The number of benzene rings is 1. The minimum absolute atomic E-state index is 0.168. The van der Waals surface area contributed by atoms with Crippen molar-refractivity contribution < 1.29 is 4.39 Å². The molecular weight excluding hydrogens is 257 g/mol. The lowest BCUT2D eigenvalue weighted by molar-refractivity contribution is 0.625. The Balaban J connectivity index is 2.40. The van der Waals surface area contributed by atoms with Crippen LogP contribution >= 0.6 is 15.9 Å². The van der Waals surface area contributed by atoms with Crippen LogP contribution in [0.1, 0.15) is 11.1 Å². The van der Waals surface area contributed by atoms with E-state index in [9.17, 15) is 4.39 Å². The lowest BCUT2D eigenvalue weighted by Crippen LogP contribution is -2.18. The maximum atomic E-state index is 12.8. The summed E-state index contributed by atoms with van der Waals surface area (Å²) < 4.78 is 13.8. The van der Waals surface area contributed by atoms with Crippen molar-refractivity contribution in [1.29, 1.82) is 0 Å². The molecule has 0 saturated heterocycles. The van der Waals surface area contributed by atoms with E-state index >= 15 is 0 Å². The van der Waals surface area contributed by atoms with Crippen LogP contribution in [0.2, 0.25) is 0 Å². The topological polar surface area (TPSA) is 12.0 Å². The number of hydrogen-bond acceptors (Lipinski definition) is 1. The van der Waals surface area contributed by atoms with E-state index in [4.69, 9.17) is 0 Å². The minimum atomic E-state index is -0.168. The molecule has 1 aromatic rings. The van der Waals surface area contributed by atoms with Crippen molar-refractivity contribution in [3.8, 4) is 0 Å². The molecule has 0 spiro atoms. The van der Waals surface area contributed by atoms with Gasteiger partial charge in [-0.05, 0) is 43.1 Å².